The van der Waals surface area contributed by atoms with E-state index in [1.807, 2.05) is 12.1 Å². The predicted molar refractivity (Wildman–Crippen MR) is 156 cm³/mol. The van der Waals surface area contributed by atoms with E-state index >= 15 is 0 Å². The van der Waals surface area contributed by atoms with Gasteiger partial charge in [-0.05, 0) is 24.3 Å². The van der Waals surface area contributed by atoms with Gasteiger partial charge < -0.3 is 0 Å². The standard InChI is InChI=1S/C30H14N4O6S2/c35-41(36,37)23-9-7-17-25-13(23)3-1-5-15(25)27-29(17)33-21-12-20-22(11-19(21)31-27)34-30-18-8-10-24(42(38,39)40)14-4-2-6-16(26(14)18)28(30)32-20/h1-12H,(H,35,36,37)(H,38,39,40). The Morgan fingerprint density at radius 3 is 1.12 bits per heavy atom. The molecule has 0 saturated heterocycles. The lowest BCUT2D eigenvalue weighted by Crippen LogP contribution is -1.99. The lowest BCUT2D eigenvalue weighted by molar-refractivity contribution is 0.482. The Hall–Kier alpha value is -4.88. The fourth-order valence-corrected chi connectivity index (χ4v) is 7.73. The quantitative estimate of drug-likeness (QED) is 0.190. The summed E-state index contributed by atoms with van der Waals surface area (Å²) in [5.74, 6) is 0. The van der Waals surface area contributed by atoms with Crippen LogP contribution in [0.2, 0.25) is 0 Å². The van der Waals surface area contributed by atoms with E-state index in [1.54, 1.807) is 48.5 Å². The first-order valence-corrected chi connectivity index (χ1v) is 15.6. The molecule has 0 atom stereocenters. The van der Waals surface area contributed by atoms with Crippen LogP contribution >= 0.6 is 0 Å². The highest BCUT2D eigenvalue weighted by Crippen LogP contribution is 2.49. The summed E-state index contributed by atoms with van der Waals surface area (Å²) in [4.78, 5) is 19.3. The molecule has 2 aromatic heterocycles. The van der Waals surface area contributed by atoms with Gasteiger partial charge in [0.2, 0.25) is 0 Å². The molecule has 9 rings (SSSR count). The van der Waals surface area contributed by atoms with E-state index in [0.29, 0.717) is 88.6 Å². The number of nitrogens with zero attached hydrogens (tertiary/aromatic N) is 4. The summed E-state index contributed by atoms with van der Waals surface area (Å²) >= 11 is 0. The van der Waals surface area contributed by atoms with Crippen molar-refractivity contribution in [3.63, 3.8) is 0 Å². The molecular formula is C30H14N4O6S2. The first kappa shape index (κ1) is 23.8. The van der Waals surface area contributed by atoms with Crippen molar-refractivity contribution >= 4 is 63.8 Å². The molecule has 7 aromatic rings. The van der Waals surface area contributed by atoms with Crippen molar-refractivity contribution in [3.05, 3.63) is 72.8 Å². The molecule has 2 N–H and O–H groups in total. The van der Waals surface area contributed by atoms with Crippen LogP contribution in [0.4, 0.5) is 0 Å². The molecule has 2 aliphatic rings. The van der Waals surface area contributed by atoms with Gasteiger partial charge in [-0.3, -0.25) is 9.11 Å². The summed E-state index contributed by atoms with van der Waals surface area (Å²) in [5, 5.41) is 2.11. The molecule has 202 valence electrons. The van der Waals surface area contributed by atoms with Crippen LogP contribution in [0, 0.1) is 0 Å². The highest BCUT2D eigenvalue weighted by Gasteiger charge is 2.30. The van der Waals surface area contributed by atoms with Crippen molar-refractivity contribution in [1.82, 2.24) is 19.9 Å². The second-order valence-electron chi connectivity index (χ2n) is 10.3. The minimum absolute atomic E-state index is 0.173. The summed E-state index contributed by atoms with van der Waals surface area (Å²) < 4.78 is 67.7. The van der Waals surface area contributed by atoms with Crippen LogP contribution in [-0.4, -0.2) is 45.9 Å². The van der Waals surface area contributed by atoms with E-state index in [1.165, 1.54) is 12.1 Å². The number of hydrogen-bond acceptors (Lipinski definition) is 8. The maximum atomic E-state index is 12.0. The number of hydrogen-bond donors (Lipinski definition) is 2. The first-order valence-electron chi connectivity index (χ1n) is 12.7. The minimum atomic E-state index is -4.44. The predicted octanol–water partition coefficient (Wildman–Crippen LogP) is 5.67. The molecule has 0 saturated carbocycles. The number of benzene rings is 5. The first-order chi connectivity index (χ1) is 20.1. The van der Waals surface area contributed by atoms with E-state index in [4.69, 9.17) is 19.9 Å². The van der Waals surface area contributed by atoms with Crippen molar-refractivity contribution in [2.24, 2.45) is 0 Å². The molecule has 0 spiro atoms. The van der Waals surface area contributed by atoms with Crippen LogP contribution in [0.15, 0.2) is 82.6 Å². The Morgan fingerprint density at radius 1 is 0.452 bits per heavy atom. The fourth-order valence-electron chi connectivity index (χ4n) is 6.36. The monoisotopic (exact) mass is 590 g/mol. The largest absolute Gasteiger partial charge is 0.295 e. The third-order valence-electron chi connectivity index (χ3n) is 8.03. The number of fused-ring (bicyclic) bond motifs is 8. The van der Waals surface area contributed by atoms with Crippen molar-refractivity contribution in [1.29, 1.82) is 0 Å². The zero-order valence-electron chi connectivity index (χ0n) is 21.1. The van der Waals surface area contributed by atoms with Crippen LogP contribution in [-0.2, 0) is 20.2 Å². The van der Waals surface area contributed by atoms with Crippen LogP contribution in [0.1, 0.15) is 0 Å². The third kappa shape index (κ3) is 2.98. The second kappa shape index (κ2) is 7.49. The molecule has 0 aliphatic heterocycles. The summed E-state index contributed by atoms with van der Waals surface area (Å²) in [6, 6.07) is 20.0. The lowest BCUT2D eigenvalue weighted by atomic mass is 10.0. The molecular weight excluding hydrogens is 576 g/mol. The lowest BCUT2D eigenvalue weighted by Gasteiger charge is -2.07. The highest BCUT2D eigenvalue weighted by atomic mass is 32.2. The van der Waals surface area contributed by atoms with Crippen LogP contribution < -0.4 is 0 Å². The Bertz CT molecular complexity index is 2430. The SMILES string of the molecule is O=S(=O)(O)c1ccc2c3c(cccc13)-c1nc3cc4nc5c(nc4cc3nc1-2)-c1cccc2c(S(=O)(=O)O)ccc-5c12. The van der Waals surface area contributed by atoms with Crippen molar-refractivity contribution in [3.8, 4) is 45.0 Å². The third-order valence-corrected chi connectivity index (χ3v) is 9.85. The fraction of sp³-hybridized carbons (Fsp3) is 0. The second-order valence-corrected chi connectivity index (χ2v) is 13.1. The average Bonchev–Trinajstić information content (AvgIpc) is 3.43. The highest BCUT2D eigenvalue weighted by molar-refractivity contribution is 7.86. The van der Waals surface area contributed by atoms with Crippen molar-refractivity contribution in [2.45, 2.75) is 9.79 Å². The maximum absolute atomic E-state index is 12.0. The summed E-state index contributed by atoms with van der Waals surface area (Å²) in [7, 11) is -8.87. The van der Waals surface area contributed by atoms with Gasteiger partial charge in [-0.2, -0.15) is 16.8 Å². The Morgan fingerprint density at radius 2 is 0.786 bits per heavy atom. The number of rotatable bonds is 2. The topological polar surface area (TPSA) is 160 Å². The summed E-state index contributed by atoms with van der Waals surface area (Å²) in [5.41, 5.74) is 7.52. The van der Waals surface area contributed by atoms with Crippen LogP contribution in [0.5, 0.6) is 0 Å². The molecule has 0 amide bonds. The molecule has 0 bridgehead atoms. The van der Waals surface area contributed by atoms with Gasteiger partial charge in [0.1, 0.15) is 9.79 Å². The molecule has 10 nitrogen and oxygen atoms in total. The summed E-state index contributed by atoms with van der Waals surface area (Å²) in [6.45, 7) is 0. The summed E-state index contributed by atoms with van der Waals surface area (Å²) in [6.07, 6.45) is 0. The van der Waals surface area contributed by atoms with Gasteiger partial charge in [0, 0.05) is 43.8 Å². The van der Waals surface area contributed by atoms with Crippen LogP contribution in [0.25, 0.3) is 88.6 Å². The van der Waals surface area contributed by atoms with E-state index in [9.17, 15) is 25.9 Å². The van der Waals surface area contributed by atoms with Gasteiger partial charge >= 0.3 is 0 Å². The van der Waals surface area contributed by atoms with Gasteiger partial charge in [0.15, 0.2) is 0 Å². The maximum Gasteiger partial charge on any atom is 0.295 e. The van der Waals surface area contributed by atoms with Crippen molar-refractivity contribution in [2.75, 3.05) is 0 Å². The molecule has 0 radical (unpaired) electrons. The zero-order valence-corrected chi connectivity index (χ0v) is 22.7. The molecule has 0 fully saturated rings. The van der Waals surface area contributed by atoms with E-state index < -0.39 is 20.2 Å². The van der Waals surface area contributed by atoms with Crippen molar-refractivity contribution < 1.29 is 25.9 Å². The molecule has 2 aliphatic carbocycles. The Labute approximate surface area is 236 Å². The zero-order chi connectivity index (χ0) is 28.7. The van der Waals surface area contributed by atoms with Gasteiger partial charge in [0.05, 0.1) is 44.8 Å². The Balaban J connectivity index is 1.29. The van der Waals surface area contributed by atoms with E-state index in [2.05, 4.69) is 0 Å². The van der Waals surface area contributed by atoms with Gasteiger partial charge in [-0.1, -0.05) is 48.5 Å². The van der Waals surface area contributed by atoms with Gasteiger partial charge in [0.25, 0.3) is 20.2 Å². The molecule has 0 unspecified atom stereocenters. The molecule has 42 heavy (non-hydrogen) atoms. The normalized spacial score (nSPS) is 13.4. The smallest absolute Gasteiger partial charge is 0.282 e. The molecule has 12 heteroatoms. The average molecular weight is 591 g/mol. The van der Waals surface area contributed by atoms with E-state index in [-0.39, 0.29) is 9.79 Å². The van der Waals surface area contributed by atoms with Gasteiger partial charge in [-0.15, -0.1) is 0 Å². The number of aromatic nitrogens is 4. The molecule has 2 heterocycles. The van der Waals surface area contributed by atoms with Crippen LogP contribution in [0.3, 0.4) is 0 Å². The Kier molecular flexibility index (Phi) is 4.24. The molecule has 5 aromatic carbocycles. The van der Waals surface area contributed by atoms with E-state index in [0.717, 1.165) is 0 Å². The minimum Gasteiger partial charge on any atom is -0.282 e. The van der Waals surface area contributed by atoms with Gasteiger partial charge in [-0.25, -0.2) is 19.9 Å².